The molecule has 0 amide bonds. The van der Waals surface area contributed by atoms with E-state index in [-0.39, 0.29) is 12.4 Å². The number of Topliss-reactive ketones (excluding diaryl/α,β-unsaturated/α-hetero) is 1. The molecule has 3 aromatic rings. The van der Waals surface area contributed by atoms with E-state index in [1.54, 1.807) is 48.7 Å². The zero-order chi connectivity index (χ0) is 19.7. The predicted molar refractivity (Wildman–Crippen MR) is 100 cm³/mol. The highest BCUT2D eigenvalue weighted by atomic mass is 19.1. The monoisotopic (exact) mass is 369 g/mol. The van der Waals surface area contributed by atoms with Crippen LogP contribution in [0.15, 0.2) is 36.5 Å². The first-order valence-corrected chi connectivity index (χ1v) is 8.55. The van der Waals surface area contributed by atoms with Crippen LogP contribution in [-0.2, 0) is 4.74 Å². The van der Waals surface area contributed by atoms with Crippen LogP contribution < -0.4 is 4.74 Å². The van der Waals surface area contributed by atoms with Crippen molar-refractivity contribution in [1.82, 2.24) is 4.40 Å². The number of pyridine rings is 1. The van der Waals surface area contributed by atoms with Crippen molar-refractivity contribution in [2.24, 2.45) is 0 Å². The molecule has 1 aromatic carbocycles. The average Bonchev–Trinajstić information content (AvgIpc) is 3.04. The minimum absolute atomic E-state index is 0.197. The number of aromatic nitrogens is 1. The molecule has 0 radical (unpaired) electrons. The molecule has 2 aromatic heterocycles. The van der Waals surface area contributed by atoms with Gasteiger partial charge in [0.15, 0.2) is 5.78 Å². The minimum Gasteiger partial charge on any atom is -0.497 e. The summed E-state index contributed by atoms with van der Waals surface area (Å²) in [7, 11) is 1.51. The van der Waals surface area contributed by atoms with Crippen LogP contribution in [0.5, 0.6) is 5.75 Å². The van der Waals surface area contributed by atoms with E-state index in [2.05, 4.69) is 0 Å². The molecule has 0 spiro atoms. The van der Waals surface area contributed by atoms with E-state index >= 15 is 0 Å². The van der Waals surface area contributed by atoms with Gasteiger partial charge in [0.05, 0.1) is 25.0 Å². The molecule has 0 fully saturated rings. The summed E-state index contributed by atoms with van der Waals surface area (Å²) in [6.07, 6.45) is 1.69. The van der Waals surface area contributed by atoms with Gasteiger partial charge in [-0.2, -0.15) is 0 Å². The van der Waals surface area contributed by atoms with E-state index in [0.29, 0.717) is 39.2 Å². The van der Waals surface area contributed by atoms with Gasteiger partial charge in [0.2, 0.25) is 0 Å². The number of methoxy groups -OCH3 is 1. The zero-order valence-electron chi connectivity index (χ0n) is 15.6. The van der Waals surface area contributed by atoms with E-state index < -0.39 is 11.8 Å². The van der Waals surface area contributed by atoms with Crippen molar-refractivity contribution in [1.29, 1.82) is 0 Å². The van der Waals surface area contributed by atoms with Crippen molar-refractivity contribution in [2.45, 2.75) is 20.8 Å². The van der Waals surface area contributed by atoms with E-state index in [9.17, 15) is 14.0 Å². The molecule has 5 nitrogen and oxygen atoms in total. The topological polar surface area (TPSA) is 57.0 Å². The quantitative estimate of drug-likeness (QED) is 0.493. The molecule has 3 rings (SSSR count). The smallest absolute Gasteiger partial charge is 0.338 e. The largest absolute Gasteiger partial charge is 0.497 e. The lowest BCUT2D eigenvalue weighted by Gasteiger charge is -2.12. The summed E-state index contributed by atoms with van der Waals surface area (Å²) in [4.78, 5) is 24.5. The highest BCUT2D eigenvalue weighted by Crippen LogP contribution is 2.31. The first-order chi connectivity index (χ1) is 12.9. The highest BCUT2D eigenvalue weighted by Gasteiger charge is 2.20. The number of esters is 1. The standard InChI is InChI=1S/C21H20FNO4/c1-5-27-21(25)17-9-15-8-14(11-23(15)20(12(17)2)13(3)24)18-10-16(26-4)6-7-19(18)22/h6-11H,5H2,1-4H3. The third-order valence-corrected chi connectivity index (χ3v) is 4.46. The van der Waals surface area contributed by atoms with Gasteiger partial charge in [0, 0.05) is 29.8 Å². The molecule has 0 unspecified atom stereocenters. The molecule has 140 valence electrons. The molecule has 0 aliphatic carbocycles. The number of hydrogen-bond acceptors (Lipinski definition) is 4. The number of nitrogens with zero attached hydrogens (tertiary/aromatic N) is 1. The Balaban J connectivity index is 2.27. The van der Waals surface area contributed by atoms with Gasteiger partial charge < -0.3 is 13.9 Å². The Labute approximate surface area is 156 Å². The lowest BCUT2D eigenvalue weighted by Crippen LogP contribution is -2.13. The molecule has 2 heterocycles. The molecular weight excluding hydrogens is 349 g/mol. The first kappa shape index (κ1) is 18.6. The number of carbonyl (C=O) groups excluding carboxylic acids is 2. The number of ether oxygens (including phenoxy) is 2. The second-order valence-electron chi connectivity index (χ2n) is 6.18. The third kappa shape index (κ3) is 3.30. The molecule has 27 heavy (non-hydrogen) atoms. The van der Waals surface area contributed by atoms with Crippen molar-refractivity contribution in [3.63, 3.8) is 0 Å². The molecule has 0 saturated carbocycles. The Kier molecular flexibility index (Phi) is 4.99. The number of rotatable bonds is 5. The molecule has 0 N–H and O–H groups in total. The van der Waals surface area contributed by atoms with Crippen molar-refractivity contribution in [3.05, 3.63) is 59.2 Å². The maximum atomic E-state index is 14.4. The van der Waals surface area contributed by atoms with Crippen LogP contribution in [0.3, 0.4) is 0 Å². The van der Waals surface area contributed by atoms with Gasteiger partial charge in [0.25, 0.3) is 0 Å². The SMILES string of the molecule is CCOC(=O)c1cc2cc(-c3cc(OC)ccc3F)cn2c(C(C)=O)c1C. The molecule has 0 aliphatic rings. The number of halogens is 1. The van der Waals surface area contributed by atoms with Gasteiger partial charge in [-0.15, -0.1) is 0 Å². The third-order valence-electron chi connectivity index (χ3n) is 4.46. The minimum atomic E-state index is -0.490. The average molecular weight is 369 g/mol. The van der Waals surface area contributed by atoms with Crippen LogP contribution in [0.2, 0.25) is 0 Å². The van der Waals surface area contributed by atoms with Crippen LogP contribution in [-0.4, -0.2) is 29.9 Å². The van der Waals surface area contributed by atoms with Crippen molar-refractivity contribution in [3.8, 4) is 16.9 Å². The van der Waals surface area contributed by atoms with Crippen molar-refractivity contribution >= 4 is 17.3 Å². The van der Waals surface area contributed by atoms with Crippen LogP contribution in [0.4, 0.5) is 4.39 Å². The summed E-state index contributed by atoms with van der Waals surface area (Å²) in [6, 6.07) is 7.85. The Morgan fingerprint density at radius 1 is 1.19 bits per heavy atom. The first-order valence-electron chi connectivity index (χ1n) is 8.55. The van der Waals surface area contributed by atoms with E-state index in [1.165, 1.54) is 20.1 Å². The summed E-state index contributed by atoms with van der Waals surface area (Å²) in [5.41, 5.74) is 2.75. The van der Waals surface area contributed by atoms with Gasteiger partial charge in [-0.25, -0.2) is 9.18 Å². The van der Waals surface area contributed by atoms with Crippen molar-refractivity contribution in [2.75, 3.05) is 13.7 Å². The van der Waals surface area contributed by atoms with E-state index in [4.69, 9.17) is 9.47 Å². The predicted octanol–water partition coefficient (Wildman–Crippen LogP) is 4.44. The number of hydrogen-bond donors (Lipinski definition) is 0. The summed E-state index contributed by atoms with van der Waals surface area (Å²) in [5, 5.41) is 0. The maximum Gasteiger partial charge on any atom is 0.338 e. The lowest BCUT2D eigenvalue weighted by molar-refractivity contribution is 0.0525. The lowest BCUT2D eigenvalue weighted by atomic mass is 10.0. The number of ketones is 1. The second-order valence-corrected chi connectivity index (χ2v) is 6.18. The zero-order valence-corrected chi connectivity index (χ0v) is 15.6. The van der Waals surface area contributed by atoms with Crippen LogP contribution >= 0.6 is 0 Å². The fourth-order valence-corrected chi connectivity index (χ4v) is 3.20. The van der Waals surface area contributed by atoms with Crippen LogP contribution in [0.25, 0.3) is 16.6 Å². The number of carbonyl (C=O) groups is 2. The molecule has 0 aliphatic heterocycles. The summed E-state index contributed by atoms with van der Waals surface area (Å²) >= 11 is 0. The summed E-state index contributed by atoms with van der Waals surface area (Å²) < 4.78 is 26.3. The van der Waals surface area contributed by atoms with Crippen LogP contribution in [0.1, 0.15) is 40.3 Å². The van der Waals surface area contributed by atoms with Gasteiger partial charge >= 0.3 is 5.97 Å². The Morgan fingerprint density at radius 2 is 1.93 bits per heavy atom. The van der Waals surface area contributed by atoms with Gasteiger partial charge in [-0.3, -0.25) is 4.79 Å². The number of fused-ring (bicyclic) bond motifs is 1. The van der Waals surface area contributed by atoms with Gasteiger partial charge in [-0.05, 0) is 49.7 Å². The molecule has 0 bridgehead atoms. The fraction of sp³-hybridized carbons (Fsp3) is 0.238. The number of benzene rings is 1. The summed E-state index contributed by atoms with van der Waals surface area (Å²) in [6.45, 7) is 5.09. The Hall–Kier alpha value is -3.15. The maximum absolute atomic E-state index is 14.4. The molecule has 0 atom stereocenters. The van der Waals surface area contributed by atoms with Crippen LogP contribution in [0, 0.1) is 12.7 Å². The van der Waals surface area contributed by atoms with Gasteiger partial charge in [-0.1, -0.05) is 0 Å². The molecule has 6 heteroatoms. The van der Waals surface area contributed by atoms with E-state index in [0.717, 1.165) is 0 Å². The van der Waals surface area contributed by atoms with Crippen molar-refractivity contribution < 1.29 is 23.5 Å². The van der Waals surface area contributed by atoms with E-state index in [1.807, 2.05) is 0 Å². The fourth-order valence-electron chi connectivity index (χ4n) is 3.20. The van der Waals surface area contributed by atoms with Gasteiger partial charge in [0.1, 0.15) is 11.6 Å². The molecular formula is C21H20FNO4. The Morgan fingerprint density at radius 3 is 2.56 bits per heavy atom. The molecule has 0 saturated heterocycles. The highest BCUT2D eigenvalue weighted by molar-refractivity contribution is 6.01. The summed E-state index contributed by atoms with van der Waals surface area (Å²) in [5.74, 6) is -0.567. The second kappa shape index (κ2) is 7.23. The normalized spacial score (nSPS) is 10.9. The Bertz CT molecular complexity index is 1050.